The van der Waals surface area contributed by atoms with Crippen molar-refractivity contribution < 1.29 is 19.0 Å². The van der Waals surface area contributed by atoms with Crippen LogP contribution in [0.25, 0.3) is 0 Å². The lowest BCUT2D eigenvalue weighted by molar-refractivity contribution is -0.130. The minimum absolute atomic E-state index is 0.103. The SMILES string of the molecule is COc1nc(N)nc(N2CCCC2)c1C=NNC(=O)C1COc2ccccc2O1. The molecule has 29 heavy (non-hydrogen) atoms. The Bertz CT molecular complexity index is 929. The Balaban J connectivity index is 1.48. The number of amides is 1. The predicted octanol–water partition coefficient (Wildman–Crippen LogP) is 0.958. The molecular formula is C19H22N6O4. The minimum Gasteiger partial charge on any atom is -0.485 e. The highest BCUT2D eigenvalue weighted by molar-refractivity contribution is 5.91. The number of nitrogens with zero attached hydrogens (tertiary/aromatic N) is 4. The summed E-state index contributed by atoms with van der Waals surface area (Å²) in [6, 6.07) is 7.19. The number of nitrogens with two attached hydrogens (primary N) is 1. The zero-order valence-corrected chi connectivity index (χ0v) is 16.0. The fraction of sp³-hybridized carbons (Fsp3) is 0.368. The van der Waals surface area contributed by atoms with Gasteiger partial charge in [0.2, 0.25) is 17.9 Å². The van der Waals surface area contributed by atoms with Gasteiger partial charge < -0.3 is 24.8 Å². The number of hydrogen-bond acceptors (Lipinski definition) is 9. The summed E-state index contributed by atoms with van der Waals surface area (Å²) < 4.78 is 16.6. The van der Waals surface area contributed by atoms with E-state index in [2.05, 4.69) is 25.4 Å². The molecule has 1 saturated heterocycles. The van der Waals surface area contributed by atoms with Crippen LogP contribution in [0.1, 0.15) is 18.4 Å². The molecule has 2 aliphatic rings. The number of carbonyl (C=O) groups is 1. The van der Waals surface area contributed by atoms with Crippen LogP contribution in [-0.2, 0) is 4.79 Å². The molecule has 1 amide bonds. The zero-order valence-electron chi connectivity index (χ0n) is 16.0. The lowest BCUT2D eigenvalue weighted by atomic mass is 10.2. The molecule has 0 saturated carbocycles. The quantitative estimate of drug-likeness (QED) is 0.564. The third-order valence-electron chi connectivity index (χ3n) is 4.68. The van der Waals surface area contributed by atoms with E-state index in [0.717, 1.165) is 25.9 Å². The first-order valence-electron chi connectivity index (χ1n) is 9.33. The third kappa shape index (κ3) is 4.00. The summed E-state index contributed by atoms with van der Waals surface area (Å²) in [4.78, 5) is 23.0. The Kier molecular flexibility index (Phi) is 5.32. The molecule has 1 aromatic heterocycles. The van der Waals surface area contributed by atoms with E-state index in [4.69, 9.17) is 19.9 Å². The van der Waals surface area contributed by atoms with Gasteiger partial charge in [-0.2, -0.15) is 15.1 Å². The molecule has 10 nitrogen and oxygen atoms in total. The molecule has 4 rings (SSSR count). The summed E-state index contributed by atoms with van der Waals surface area (Å²) in [5, 5.41) is 4.06. The lowest BCUT2D eigenvalue weighted by Crippen LogP contribution is -2.42. The number of hydrogen-bond donors (Lipinski definition) is 2. The molecule has 2 aliphatic heterocycles. The number of benzene rings is 1. The largest absolute Gasteiger partial charge is 0.485 e. The van der Waals surface area contributed by atoms with Crippen LogP contribution in [0.15, 0.2) is 29.4 Å². The van der Waals surface area contributed by atoms with Crippen molar-refractivity contribution in [3.8, 4) is 17.4 Å². The van der Waals surface area contributed by atoms with Gasteiger partial charge in [-0.05, 0) is 25.0 Å². The van der Waals surface area contributed by atoms with Crippen LogP contribution in [0.2, 0.25) is 0 Å². The molecule has 1 aromatic carbocycles. The number of hydrazone groups is 1. The average Bonchev–Trinajstić information content (AvgIpc) is 3.28. The van der Waals surface area contributed by atoms with Crippen LogP contribution in [-0.4, -0.2) is 55.0 Å². The number of fused-ring (bicyclic) bond motifs is 1. The first-order valence-corrected chi connectivity index (χ1v) is 9.33. The van der Waals surface area contributed by atoms with Crippen molar-refractivity contribution in [1.29, 1.82) is 0 Å². The highest BCUT2D eigenvalue weighted by Gasteiger charge is 2.27. The van der Waals surface area contributed by atoms with Gasteiger partial charge in [-0.15, -0.1) is 0 Å². The normalized spacial score (nSPS) is 18.1. The Morgan fingerprint density at radius 2 is 2.07 bits per heavy atom. The van der Waals surface area contributed by atoms with Gasteiger partial charge in [0.15, 0.2) is 11.5 Å². The van der Waals surface area contributed by atoms with Crippen molar-refractivity contribution in [2.75, 3.05) is 37.4 Å². The molecule has 152 valence electrons. The molecule has 0 radical (unpaired) electrons. The summed E-state index contributed by atoms with van der Waals surface area (Å²) in [6.45, 7) is 1.82. The Hall–Kier alpha value is -3.56. The van der Waals surface area contributed by atoms with E-state index >= 15 is 0 Å². The van der Waals surface area contributed by atoms with Gasteiger partial charge in [0.05, 0.1) is 18.9 Å². The molecule has 3 N–H and O–H groups in total. The number of aromatic nitrogens is 2. The fourth-order valence-electron chi connectivity index (χ4n) is 3.27. The topological polar surface area (TPSA) is 124 Å². The Labute approximate surface area is 167 Å². The zero-order chi connectivity index (χ0) is 20.2. The maximum Gasteiger partial charge on any atom is 0.284 e. The van der Waals surface area contributed by atoms with E-state index in [-0.39, 0.29) is 12.6 Å². The van der Waals surface area contributed by atoms with Gasteiger partial charge in [-0.3, -0.25) is 4.79 Å². The van der Waals surface area contributed by atoms with Crippen molar-refractivity contribution >= 4 is 23.9 Å². The Morgan fingerprint density at radius 3 is 2.83 bits per heavy atom. The van der Waals surface area contributed by atoms with Crippen LogP contribution in [0.5, 0.6) is 17.4 Å². The summed E-state index contributed by atoms with van der Waals surface area (Å²) in [5.41, 5.74) is 8.84. The number of ether oxygens (including phenoxy) is 3. The van der Waals surface area contributed by atoms with Crippen molar-refractivity contribution in [1.82, 2.24) is 15.4 Å². The van der Waals surface area contributed by atoms with Crippen molar-refractivity contribution in [3.05, 3.63) is 29.8 Å². The van der Waals surface area contributed by atoms with E-state index < -0.39 is 12.0 Å². The molecule has 1 atom stereocenters. The fourth-order valence-corrected chi connectivity index (χ4v) is 3.27. The van der Waals surface area contributed by atoms with Gasteiger partial charge in [-0.25, -0.2) is 5.43 Å². The summed E-state index contributed by atoms with van der Waals surface area (Å²) in [7, 11) is 1.50. The van der Waals surface area contributed by atoms with Crippen molar-refractivity contribution in [2.45, 2.75) is 18.9 Å². The Morgan fingerprint density at radius 1 is 1.31 bits per heavy atom. The summed E-state index contributed by atoms with van der Waals surface area (Å²) >= 11 is 0. The van der Waals surface area contributed by atoms with Gasteiger partial charge >= 0.3 is 0 Å². The summed E-state index contributed by atoms with van der Waals surface area (Å²) in [6.07, 6.45) is 2.80. The molecule has 1 fully saturated rings. The number of carbonyl (C=O) groups excluding carboxylic acids is 1. The molecule has 2 aromatic rings. The van der Waals surface area contributed by atoms with E-state index in [9.17, 15) is 4.79 Å². The first kappa shape index (κ1) is 18.8. The van der Waals surface area contributed by atoms with Crippen LogP contribution >= 0.6 is 0 Å². The van der Waals surface area contributed by atoms with Crippen molar-refractivity contribution in [3.63, 3.8) is 0 Å². The lowest BCUT2D eigenvalue weighted by Gasteiger charge is -2.24. The maximum absolute atomic E-state index is 12.4. The van der Waals surface area contributed by atoms with Gasteiger partial charge in [0, 0.05) is 13.1 Å². The van der Waals surface area contributed by atoms with E-state index in [0.29, 0.717) is 28.8 Å². The van der Waals surface area contributed by atoms with Gasteiger partial charge in [-0.1, -0.05) is 12.1 Å². The monoisotopic (exact) mass is 398 g/mol. The third-order valence-corrected chi connectivity index (χ3v) is 4.68. The predicted molar refractivity (Wildman–Crippen MR) is 107 cm³/mol. The molecule has 1 unspecified atom stereocenters. The van der Waals surface area contributed by atoms with E-state index in [1.165, 1.54) is 13.3 Å². The number of para-hydroxylation sites is 2. The molecule has 0 bridgehead atoms. The molecule has 0 spiro atoms. The minimum atomic E-state index is -0.801. The highest BCUT2D eigenvalue weighted by atomic mass is 16.6. The molecule has 0 aliphatic carbocycles. The van der Waals surface area contributed by atoms with Crippen LogP contribution in [0.3, 0.4) is 0 Å². The highest BCUT2D eigenvalue weighted by Crippen LogP contribution is 2.31. The number of anilines is 2. The second kappa shape index (κ2) is 8.21. The number of nitrogen functional groups attached to an aromatic ring is 1. The number of rotatable bonds is 5. The van der Waals surface area contributed by atoms with Gasteiger partial charge in [0.25, 0.3) is 5.91 Å². The van der Waals surface area contributed by atoms with E-state index in [1.807, 2.05) is 12.1 Å². The van der Waals surface area contributed by atoms with Crippen LogP contribution < -0.4 is 30.3 Å². The molecule has 3 heterocycles. The number of methoxy groups -OCH3 is 1. The maximum atomic E-state index is 12.4. The number of nitrogens with one attached hydrogen (secondary N) is 1. The standard InChI is InChI=1S/C19H22N6O4/c1-27-18-12(16(22-19(20)23-18)25-8-4-5-9-25)10-21-24-17(26)15-11-28-13-6-2-3-7-14(13)29-15/h2-3,6-7,10,15H,4-5,8-9,11H2,1H3,(H,24,26)(H2,20,22,23). The second-order valence-electron chi connectivity index (χ2n) is 6.62. The molecule has 10 heteroatoms. The smallest absolute Gasteiger partial charge is 0.284 e. The first-order chi connectivity index (χ1) is 14.2. The second-order valence-corrected chi connectivity index (χ2v) is 6.62. The van der Waals surface area contributed by atoms with Crippen LogP contribution in [0, 0.1) is 0 Å². The van der Waals surface area contributed by atoms with Gasteiger partial charge in [0.1, 0.15) is 12.4 Å². The van der Waals surface area contributed by atoms with Crippen molar-refractivity contribution in [2.24, 2.45) is 5.10 Å². The average molecular weight is 398 g/mol. The molecular weight excluding hydrogens is 376 g/mol. The van der Waals surface area contributed by atoms with E-state index in [1.54, 1.807) is 12.1 Å². The van der Waals surface area contributed by atoms with Crippen LogP contribution in [0.4, 0.5) is 11.8 Å². The summed E-state index contributed by atoms with van der Waals surface area (Å²) in [5.74, 6) is 1.76.